The maximum Gasteiger partial charge on any atom is -0.0266 e. The average Bonchev–Trinajstić information content (AvgIpc) is 2.38. The van der Waals surface area contributed by atoms with Crippen LogP contribution >= 0.6 is 0 Å². The molecule has 0 aromatic rings. The summed E-state index contributed by atoms with van der Waals surface area (Å²) in [5.74, 6) is 3.03. The van der Waals surface area contributed by atoms with E-state index in [0.29, 0.717) is 0 Å². The first-order valence-electron chi connectivity index (χ1n) is 5.62. The van der Waals surface area contributed by atoms with Gasteiger partial charge in [-0.1, -0.05) is 20.8 Å². The van der Waals surface area contributed by atoms with Gasteiger partial charge in [0.1, 0.15) is 0 Å². The maximum absolute atomic E-state index is 2.49. The summed E-state index contributed by atoms with van der Waals surface area (Å²) in [5, 5.41) is 0. The summed E-state index contributed by atoms with van der Waals surface area (Å²) in [6, 6.07) is 0. The van der Waals surface area contributed by atoms with Crippen molar-refractivity contribution in [3.05, 3.63) is 0 Å². The van der Waals surface area contributed by atoms with Crippen LogP contribution in [0, 0.1) is 23.2 Å². The highest BCUT2D eigenvalue weighted by Crippen LogP contribution is 2.63. The molecule has 3 aliphatic carbocycles. The van der Waals surface area contributed by atoms with Crippen LogP contribution in [0.15, 0.2) is 0 Å². The SMILES string of the molecule is CC(C)CC(C)C12CCC(C1)C2. The molecule has 0 saturated heterocycles. The lowest BCUT2D eigenvalue weighted by Gasteiger charge is -2.44. The molecule has 3 aliphatic rings. The van der Waals surface area contributed by atoms with Crippen molar-refractivity contribution in [2.75, 3.05) is 0 Å². The topological polar surface area (TPSA) is 0 Å². The molecule has 12 heavy (non-hydrogen) atoms. The molecule has 0 heteroatoms. The zero-order chi connectivity index (χ0) is 8.77. The van der Waals surface area contributed by atoms with E-state index in [4.69, 9.17) is 0 Å². The fourth-order valence-corrected chi connectivity index (χ4v) is 3.60. The molecule has 0 spiro atoms. The third-order valence-electron chi connectivity index (χ3n) is 4.31. The van der Waals surface area contributed by atoms with E-state index in [1.165, 1.54) is 6.42 Å². The van der Waals surface area contributed by atoms with Crippen LogP contribution in [0.2, 0.25) is 0 Å². The van der Waals surface area contributed by atoms with Gasteiger partial charge >= 0.3 is 0 Å². The summed E-state index contributed by atoms with van der Waals surface area (Å²) in [5.41, 5.74) is 0.828. The minimum absolute atomic E-state index is 0.828. The smallest absolute Gasteiger partial charge is 0.0266 e. The number of fused-ring (bicyclic) bond motifs is 1. The van der Waals surface area contributed by atoms with Crippen molar-refractivity contribution >= 4 is 0 Å². The fourth-order valence-electron chi connectivity index (χ4n) is 3.60. The molecular formula is C12H22. The van der Waals surface area contributed by atoms with Gasteiger partial charge in [0.25, 0.3) is 0 Å². The summed E-state index contributed by atoms with van der Waals surface area (Å²) in [7, 11) is 0. The minimum atomic E-state index is 0.828. The number of hydrogen-bond donors (Lipinski definition) is 0. The summed E-state index contributed by atoms with van der Waals surface area (Å²) < 4.78 is 0. The molecule has 3 fully saturated rings. The van der Waals surface area contributed by atoms with Gasteiger partial charge < -0.3 is 0 Å². The van der Waals surface area contributed by atoms with E-state index < -0.39 is 0 Å². The van der Waals surface area contributed by atoms with E-state index in [1.54, 1.807) is 25.7 Å². The van der Waals surface area contributed by atoms with Gasteiger partial charge in [-0.25, -0.2) is 0 Å². The first-order valence-corrected chi connectivity index (χ1v) is 5.62. The van der Waals surface area contributed by atoms with Crippen LogP contribution < -0.4 is 0 Å². The molecule has 70 valence electrons. The summed E-state index contributed by atoms with van der Waals surface area (Å²) in [6.07, 6.45) is 7.68. The molecule has 0 N–H and O–H groups in total. The van der Waals surface area contributed by atoms with E-state index in [2.05, 4.69) is 20.8 Å². The molecule has 1 atom stereocenters. The van der Waals surface area contributed by atoms with Gasteiger partial charge in [0.05, 0.1) is 0 Å². The van der Waals surface area contributed by atoms with Crippen LogP contribution in [-0.4, -0.2) is 0 Å². The molecule has 2 bridgehead atoms. The monoisotopic (exact) mass is 166 g/mol. The zero-order valence-electron chi connectivity index (χ0n) is 8.77. The first-order chi connectivity index (χ1) is 5.62. The second-order valence-electron chi connectivity index (χ2n) is 5.71. The Hall–Kier alpha value is 0. The highest BCUT2D eigenvalue weighted by Gasteiger charge is 2.52. The quantitative estimate of drug-likeness (QED) is 0.597. The van der Waals surface area contributed by atoms with Gasteiger partial charge in [-0.3, -0.25) is 0 Å². The Balaban J connectivity index is 1.91. The first kappa shape index (κ1) is 8.59. The van der Waals surface area contributed by atoms with Crippen LogP contribution in [-0.2, 0) is 0 Å². The lowest BCUT2D eigenvalue weighted by molar-refractivity contribution is 0.0594. The van der Waals surface area contributed by atoms with Crippen molar-refractivity contribution in [1.82, 2.24) is 0 Å². The lowest BCUT2D eigenvalue weighted by Crippen LogP contribution is -2.34. The van der Waals surface area contributed by atoms with Crippen LogP contribution in [0.4, 0.5) is 0 Å². The zero-order valence-corrected chi connectivity index (χ0v) is 8.77. The molecule has 1 unspecified atom stereocenters. The lowest BCUT2D eigenvalue weighted by atomic mass is 9.61. The largest absolute Gasteiger partial charge is 0.0628 e. The third-order valence-corrected chi connectivity index (χ3v) is 4.31. The summed E-state index contributed by atoms with van der Waals surface area (Å²) in [4.78, 5) is 0. The Labute approximate surface area is 76.7 Å². The predicted octanol–water partition coefficient (Wildman–Crippen LogP) is 3.86. The van der Waals surface area contributed by atoms with Gasteiger partial charge in [-0.2, -0.15) is 0 Å². The molecule has 0 aromatic carbocycles. The number of rotatable bonds is 3. The van der Waals surface area contributed by atoms with Crippen LogP contribution in [0.1, 0.15) is 52.9 Å². The van der Waals surface area contributed by atoms with E-state index in [1.807, 2.05) is 0 Å². The molecule has 0 heterocycles. The number of hydrogen-bond acceptors (Lipinski definition) is 0. The van der Waals surface area contributed by atoms with E-state index >= 15 is 0 Å². The molecule has 0 radical (unpaired) electrons. The van der Waals surface area contributed by atoms with Crippen molar-refractivity contribution in [1.29, 1.82) is 0 Å². The third kappa shape index (κ3) is 1.20. The normalized spacial score (nSPS) is 41.5. The average molecular weight is 166 g/mol. The summed E-state index contributed by atoms with van der Waals surface area (Å²) in [6.45, 7) is 7.21. The molecular weight excluding hydrogens is 144 g/mol. The van der Waals surface area contributed by atoms with Crippen molar-refractivity contribution < 1.29 is 0 Å². The molecule has 3 saturated carbocycles. The van der Waals surface area contributed by atoms with Crippen molar-refractivity contribution in [3.8, 4) is 0 Å². The maximum atomic E-state index is 2.49. The van der Waals surface area contributed by atoms with Crippen LogP contribution in [0.25, 0.3) is 0 Å². The molecule has 0 amide bonds. The van der Waals surface area contributed by atoms with Gasteiger partial charge in [0.15, 0.2) is 0 Å². The van der Waals surface area contributed by atoms with Crippen LogP contribution in [0.3, 0.4) is 0 Å². The van der Waals surface area contributed by atoms with Crippen molar-refractivity contribution in [3.63, 3.8) is 0 Å². The van der Waals surface area contributed by atoms with Gasteiger partial charge in [0, 0.05) is 0 Å². The Bertz CT molecular complexity index is 157. The standard InChI is InChI=1S/C12H22/c1-9(2)6-10(3)12-5-4-11(7-12)8-12/h9-11H,4-8H2,1-3H3. The van der Waals surface area contributed by atoms with Crippen molar-refractivity contribution in [2.45, 2.75) is 52.9 Å². The van der Waals surface area contributed by atoms with E-state index in [-0.39, 0.29) is 0 Å². The molecule has 0 aliphatic heterocycles. The van der Waals surface area contributed by atoms with E-state index in [9.17, 15) is 0 Å². The molecule has 3 rings (SSSR count). The Morgan fingerprint density at radius 3 is 2.33 bits per heavy atom. The van der Waals surface area contributed by atoms with Crippen molar-refractivity contribution in [2.24, 2.45) is 23.2 Å². The second kappa shape index (κ2) is 2.75. The van der Waals surface area contributed by atoms with E-state index in [0.717, 1.165) is 23.2 Å². The Morgan fingerprint density at radius 1 is 1.25 bits per heavy atom. The molecule has 0 aromatic heterocycles. The second-order valence-corrected chi connectivity index (χ2v) is 5.71. The van der Waals surface area contributed by atoms with Gasteiger partial charge in [-0.15, -0.1) is 0 Å². The van der Waals surface area contributed by atoms with Gasteiger partial charge in [-0.05, 0) is 55.3 Å². The fraction of sp³-hybridized carbons (Fsp3) is 1.00. The highest BCUT2D eigenvalue weighted by molar-refractivity contribution is 5.03. The van der Waals surface area contributed by atoms with Gasteiger partial charge in [0.2, 0.25) is 0 Å². The highest BCUT2D eigenvalue weighted by atomic mass is 14.6. The van der Waals surface area contributed by atoms with Crippen LogP contribution in [0.5, 0.6) is 0 Å². The molecule has 0 nitrogen and oxygen atoms in total. The Morgan fingerprint density at radius 2 is 1.92 bits per heavy atom. The minimum Gasteiger partial charge on any atom is -0.0628 e. The Kier molecular flexibility index (Phi) is 1.97. The summed E-state index contributed by atoms with van der Waals surface area (Å²) >= 11 is 0. The predicted molar refractivity (Wildman–Crippen MR) is 53.0 cm³/mol.